The quantitative estimate of drug-likeness (QED) is 0.713. The zero-order valence-electron chi connectivity index (χ0n) is 14.3. The van der Waals surface area contributed by atoms with Crippen molar-refractivity contribution in [2.75, 3.05) is 26.3 Å². The van der Waals surface area contributed by atoms with Crippen molar-refractivity contribution in [2.24, 2.45) is 0 Å². The van der Waals surface area contributed by atoms with Crippen molar-refractivity contribution in [3.63, 3.8) is 0 Å². The molecule has 0 amide bonds. The Bertz CT molecular complexity index is 641. The second kappa shape index (κ2) is 8.26. The van der Waals surface area contributed by atoms with E-state index in [4.69, 9.17) is 9.84 Å². The fourth-order valence-electron chi connectivity index (χ4n) is 2.97. The molecule has 1 fully saturated rings. The molecular weight excluding hydrogens is 304 g/mol. The summed E-state index contributed by atoms with van der Waals surface area (Å²) in [4.78, 5) is 6.69. The molecule has 130 valence electrons. The zero-order valence-corrected chi connectivity index (χ0v) is 14.3. The van der Waals surface area contributed by atoms with E-state index in [1.54, 1.807) is 12.4 Å². The van der Waals surface area contributed by atoms with Crippen LogP contribution in [0.15, 0.2) is 30.9 Å². The van der Waals surface area contributed by atoms with Crippen LogP contribution in [0.5, 0.6) is 5.75 Å². The monoisotopic (exact) mass is 330 g/mol. The molecule has 0 radical (unpaired) electrons. The summed E-state index contributed by atoms with van der Waals surface area (Å²) < 4.78 is 7.75. The van der Waals surface area contributed by atoms with Crippen LogP contribution in [0.2, 0.25) is 0 Å². The summed E-state index contributed by atoms with van der Waals surface area (Å²) in [6.07, 6.45) is 11.4. The number of likely N-dealkylation sites (N-methyl/N-ethyl adjacent to an activating group) is 1. The minimum Gasteiger partial charge on any atom is -0.490 e. The number of nitrogens with zero attached hydrogens (tertiary/aromatic N) is 4. The van der Waals surface area contributed by atoms with Crippen LogP contribution in [0.4, 0.5) is 0 Å². The summed E-state index contributed by atoms with van der Waals surface area (Å²) in [5, 5.41) is 13.3. The largest absolute Gasteiger partial charge is 0.490 e. The lowest BCUT2D eigenvalue weighted by molar-refractivity contribution is 0.0560. The molecule has 2 aromatic rings. The van der Waals surface area contributed by atoms with Gasteiger partial charge in [-0.25, -0.2) is 4.68 Å². The van der Waals surface area contributed by atoms with E-state index in [-0.39, 0.29) is 6.61 Å². The molecule has 1 aliphatic heterocycles. The van der Waals surface area contributed by atoms with Crippen LogP contribution < -0.4 is 4.74 Å². The molecule has 0 bridgehead atoms. The summed E-state index contributed by atoms with van der Waals surface area (Å²) in [6.45, 7) is 5.40. The third kappa shape index (κ3) is 4.13. The molecular formula is C18H26N4O2. The average Bonchev–Trinajstić information content (AvgIpc) is 3.04. The van der Waals surface area contributed by atoms with Crippen molar-refractivity contribution in [1.82, 2.24) is 19.7 Å². The minimum absolute atomic E-state index is 0.244. The van der Waals surface area contributed by atoms with Crippen LogP contribution in [-0.4, -0.2) is 57.1 Å². The van der Waals surface area contributed by atoms with Crippen molar-refractivity contribution >= 4 is 0 Å². The fourth-order valence-corrected chi connectivity index (χ4v) is 2.97. The number of hydrogen-bond donors (Lipinski definition) is 1. The number of aliphatic hydroxyl groups excluding tert-OH is 1. The smallest absolute Gasteiger partial charge is 0.139 e. The zero-order chi connectivity index (χ0) is 16.8. The van der Waals surface area contributed by atoms with Crippen LogP contribution in [-0.2, 0) is 6.42 Å². The standard InChI is InChI=1S/C18H26N4O2/c1-2-21-7-6-16(21)14-24-18-9-17(11-19-12-18)22-13-15(10-20-22)5-3-4-8-23/h9-13,16,23H,2-8,14H2,1H3/t16-/m0/s1. The van der Waals surface area contributed by atoms with Gasteiger partial charge >= 0.3 is 0 Å². The van der Waals surface area contributed by atoms with Crippen LogP contribution in [0.25, 0.3) is 5.69 Å². The van der Waals surface area contributed by atoms with E-state index < -0.39 is 0 Å². The Labute approximate surface area is 143 Å². The number of ether oxygens (including phenoxy) is 1. The normalized spacial score (nSPS) is 17.7. The highest BCUT2D eigenvalue weighted by molar-refractivity contribution is 5.35. The molecule has 0 aliphatic carbocycles. The van der Waals surface area contributed by atoms with Crippen molar-refractivity contribution in [3.05, 3.63) is 36.4 Å². The molecule has 3 rings (SSSR count). The molecule has 0 spiro atoms. The molecule has 1 aliphatic rings. The van der Waals surface area contributed by atoms with Gasteiger partial charge in [0.15, 0.2) is 0 Å². The first-order chi connectivity index (χ1) is 11.8. The number of rotatable bonds is 9. The number of hydrogen-bond acceptors (Lipinski definition) is 5. The summed E-state index contributed by atoms with van der Waals surface area (Å²) >= 11 is 0. The van der Waals surface area contributed by atoms with E-state index in [2.05, 4.69) is 21.9 Å². The highest BCUT2D eigenvalue weighted by Gasteiger charge is 2.26. The Morgan fingerprint density at radius 2 is 2.21 bits per heavy atom. The lowest BCUT2D eigenvalue weighted by Gasteiger charge is -2.39. The fraction of sp³-hybridized carbons (Fsp3) is 0.556. The maximum atomic E-state index is 8.86. The van der Waals surface area contributed by atoms with Crippen molar-refractivity contribution in [3.8, 4) is 11.4 Å². The minimum atomic E-state index is 0.244. The molecule has 0 saturated carbocycles. The molecule has 0 aromatic carbocycles. The number of aliphatic hydroxyl groups is 1. The van der Waals surface area contributed by atoms with E-state index >= 15 is 0 Å². The summed E-state index contributed by atoms with van der Waals surface area (Å²) in [5.41, 5.74) is 2.07. The topological polar surface area (TPSA) is 63.4 Å². The molecule has 1 N–H and O–H groups in total. The molecule has 6 heteroatoms. The Morgan fingerprint density at radius 3 is 2.96 bits per heavy atom. The van der Waals surface area contributed by atoms with Crippen LogP contribution in [0, 0.1) is 0 Å². The molecule has 6 nitrogen and oxygen atoms in total. The second-order valence-corrected chi connectivity index (χ2v) is 6.23. The Balaban J connectivity index is 1.58. The summed E-state index contributed by atoms with van der Waals surface area (Å²) in [6, 6.07) is 2.51. The first-order valence-electron chi connectivity index (χ1n) is 8.77. The highest BCUT2D eigenvalue weighted by Crippen LogP contribution is 2.20. The lowest BCUT2D eigenvalue weighted by atomic mass is 10.0. The van der Waals surface area contributed by atoms with Gasteiger partial charge in [-0.15, -0.1) is 0 Å². The van der Waals surface area contributed by atoms with Gasteiger partial charge < -0.3 is 9.84 Å². The maximum Gasteiger partial charge on any atom is 0.139 e. The van der Waals surface area contributed by atoms with Crippen molar-refractivity contribution in [1.29, 1.82) is 0 Å². The molecule has 2 aromatic heterocycles. The van der Waals surface area contributed by atoms with Crippen molar-refractivity contribution < 1.29 is 9.84 Å². The molecule has 0 unspecified atom stereocenters. The van der Waals surface area contributed by atoms with Gasteiger partial charge in [0.2, 0.25) is 0 Å². The third-order valence-corrected chi connectivity index (χ3v) is 4.59. The van der Waals surface area contributed by atoms with Gasteiger partial charge in [0.05, 0.1) is 24.3 Å². The van der Waals surface area contributed by atoms with E-state index in [1.165, 1.54) is 18.5 Å². The van der Waals surface area contributed by atoms with Crippen LogP contribution >= 0.6 is 0 Å². The van der Waals surface area contributed by atoms with Gasteiger partial charge in [-0.05, 0) is 37.8 Å². The first kappa shape index (κ1) is 16.9. The molecule has 1 atom stereocenters. The highest BCUT2D eigenvalue weighted by atomic mass is 16.5. The third-order valence-electron chi connectivity index (χ3n) is 4.59. The molecule has 3 heterocycles. The predicted octanol–water partition coefficient (Wildman–Crippen LogP) is 2.06. The van der Waals surface area contributed by atoms with Gasteiger partial charge in [-0.3, -0.25) is 9.88 Å². The Hall–Kier alpha value is -1.92. The van der Waals surface area contributed by atoms with Gasteiger partial charge in [-0.1, -0.05) is 6.92 Å². The first-order valence-corrected chi connectivity index (χ1v) is 8.77. The van der Waals surface area contributed by atoms with E-state index in [0.717, 1.165) is 37.2 Å². The van der Waals surface area contributed by atoms with E-state index in [0.29, 0.717) is 12.6 Å². The SMILES string of the molecule is CCN1CC[C@H]1COc1cncc(-n2cc(CCCCO)cn2)c1. The van der Waals surface area contributed by atoms with E-state index in [9.17, 15) is 0 Å². The lowest BCUT2D eigenvalue weighted by Crippen LogP contribution is -2.50. The Kier molecular flexibility index (Phi) is 5.82. The van der Waals surface area contributed by atoms with Gasteiger partial charge in [0.1, 0.15) is 12.4 Å². The summed E-state index contributed by atoms with van der Waals surface area (Å²) in [5.74, 6) is 0.785. The van der Waals surface area contributed by atoms with Crippen molar-refractivity contribution in [2.45, 2.75) is 38.6 Å². The second-order valence-electron chi connectivity index (χ2n) is 6.23. The molecule has 1 saturated heterocycles. The summed E-state index contributed by atoms with van der Waals surface area (Å²) in [7, 11) is 0. The van der Waals surface area contributed by atoms with Gasteiger partial charge in [-0.2, -0.15) is 5.10 Å². The average molecular weight is 330 g/mol. The Morgan fingerprint density at radius 1 is 1.29 bits per heavy atom. The predicted molar refractivity (Wildman–Crippen MR) is 92.5 cm³/mol. The number of aryl methyl sites for hydroxylation is 1. The number of likely N-dealkylation sites (tertiary alicyclic amines) is 1. The number of pyridine rings is 1. The maximum absolute atomic E-state index is 8.86. The van der Waals surface area contributed by atoms with Gasteiger partial charge in [0, 0.05) is 31.5 Å². The number of aromatic nitrogens is 3. The molecule has 24 heavy (non-hydrogen) atoms. The van der Waals surface area contributed by atoms with Crippen LogP contribution in [0.1, 0.15) is 31.7 Å². The van der Waals surface area contributed by atoms with E-state index in [1.807, 2.05) is 23.1 Å². The number of unbranched alkanes of at least 4 members (excludes halogenated alkanes) is 1. The van der Waals surface area contributed by atoms with Gasteiger partial charge in [0.25, 0.3) is 0 Å². The van der Waals surface area contributed by atoms with Crippen LogP contribution in [0.3, 0.4) is 0 Å².